The first-order valence-corrected chi connectivity index (χ1v) is 5.75. The quantitative estimate of drug-likeness (QED) is 0.641. The summed E-state index contributed by atoms with van der Waals surface area (Å²) in [5.41, 5.74) is -0.937. The molecule has 1 aromatic carbocycles. The molecule has 0 saturated carbocycles. The summed E-state index contributed by atoms with van der Waals surface area (Å²) < 4.78 is 18.7. The number of aromatic carboxylic acids is 1. The highest BCUT2D eigenvalue weighted by Crippen LogP contribution is 2.26. The summed E-state index contributed by atoms with van der Waals surface area (Å²) >= 11 is 0. The fraction of sp³-hybridized carbons (Fsp3) is 0.167. The summed E-state index contributed by atoms with van der Waals surface area (Å²) in [5.74, 6) is -2.02. The lowest BCUT2D eigenvalue weighted by atomic mass is 10.1. The van der Waals surface area contributed by atoms with E-state index >= 15 is 0 Å². The van der Waals surface area contributed by atoms with Gasteiger partial charge in [0.1, 0.15) is 5.56 Å². The number of benzene rings is 1. The number of hydrogen-bond donors (Lipinski definition) is 2. The van der Waals surface area contributed by atoms with Gasteiger partial charge in [-0.3, -0.25) is 10.1 Å². The summed E-state index contributed by atoms with van der Waals surface area (Å²) in [7, 11) is 0. The van der Waals surface area contributed by atoms with Crippen molar-refractivity contribution in [3.63, 3.8) is 0 Å². The van der Waals surface area contributed by atoms with E-state index in [1.165, 1.54) is 0 Å². The van der Waals surface area contributed by atoms with Gasteiger partial charge in [-0.15, -0.1) is 0 Å². The Kier molecular flexibility index (Phi) is 3.83. The normalized spacial score (nSPS) is 10.4. The van der Waals surface area contributed by atoms with Crippen LogP contribution in [0.4, 0.5) is 15.8 Å². The Bertz CT molecular complexity index is 713. The maximum atomic E-state index is 13.8. The van der Waals surface area contributed by atoms with Crippen LogP contribution in [0.25, 0.3) is 0 Å². The first-order chi connectivity index (χ1) is 9.88. The van der Waals surface area contributed by atoms with E-state index in [4.69, 9.17) is 9.63 Å². The Morgan fingerprint density at radius 1 is 1.52 bits per heavy atom. The fourth-order valence-electron chi connectivity index (χ4n) is 1.70. The third-order valence-electron chi connectivity index (χ3n) is 2.64. The predicted molar refractivity (Wildman–Crippen MR) is 68.6 cm³/mol. The molecule has 1 heterocycles. The number of nitro benzene ring substituents is 1. The molecule has 0 fully saturated rings. The fourth-order valence-corrected chi connectivity index (χ4v) is 1.70. The third kappa shape index (κ3) is 3.14. The lowest BCUT2D eigenvalue weighted by Crippen LogP contribution is -2.07. The summed E-state index contributed by atoms with van der Waals surface area (Å²) in [6.07, 6.45) is 0. The highest BCUT2D eigenvalue weighted by atomic mass is 19.1. The summed E-state index contributed by atoms with van der Waals surface area (Å²) in [5, 5.41) is 25.9. The molecule has 0 radical (unpaired) electrons. The van der Waals surface area contributed by atoms with Gasteiger partial charge in [0.2, 0.25) is 0 Å². The Hall–Kier alpha value is -2.97. The molecule has 2 N–H and O–H groups in total. The predicted octanol–water partition coefficient (Wildman–Crippen LogP) is 2.34. The van der Waals surface area contributed by atoms with Crippen molar-refractivity contribution in [2.75, 3.05) is 5.32 Å². The average molecular weight is 295 g/mol. The van der Waals surface area contributed by atoms with Crippen molar-refractivity contribution in [3.05, 3.63) is 51.1 Å². The van der Waals surface area contributed by atoms with Gasteiger partial charge in [0.25, 0.3) is 5.69 Å². The van der Waals surface area contributed by atoms with Crippen molar-refractivity contribution in [2.24, 2.45) is 0 Å². The molecule has 0 bridgehead atoms. The molecule has 0 unspecified atom stereocenters. The molecule has 2 rings (SSSR count). The Labute approximate surface area is 117 Å². The number of halogens is 1. The second-order valence-corrected chi connectivity index (χ2v) is 4.20. The minimum Gasteiger partial charge on any atom is -0.477 e. The van der Waals surface area contributed by atoms with Gasteiger partial charge < -0.3 is 14.9 Å². The largest absolute Gasteiger partial charge is 0.477 e. The maximum Gasteiger partial charge on any atom is 0.342 e. The van der Waals surface area contributed by atoms with Gasteiger partial charge in [-0.05, 0) is 13.0 Å². The number of carboxylic acids is 1. The Morgan fingerprint density at radius 2 is 2.24 bits per heavy atom. The minimum atomic E-state index is -1.51. The second kappa shape index (κ2) is 5.57. The van der Waals surface area contributed by atoms with Crippen molar-refractivity contribution < 1.29 is 23.7 Å². The van der Waals surface area contributed by atoms with Crippen LogP contribution in [-0.2, 0) is 6.54 Å². The molecule has 110 valence electrons. The van der Waals surface area contributed by atoms with Gasteiger partial charge in [-0.25, -0.2) is 9.18 Å². The lowest BCUT2D eigenvalue weighted by Gasteiger charge is -2.07. The van der Waals surface area contributed by atoms with Crippen LogP contribution in [0.15, 0.2) is 22.7 Å². The lowest BCUT2D eigenvalue weighted by molar-refractivity contribution is -0.385. The zero-order valence-electron chi connectivity index (χ0n) is 10.8. The zero-order chi connectivity index (χ0) is 15.6. The average Bonchev–Trinajstić information content (AvgIpc) is 2.82. The molecule has 1 aromatic heterocycles. The van der Waals surface area contributed by atoms with Crippen LogP contribution in [0.1, 0.15) is 21.8 Å². The summed E-state index contributed by atoms with van der Waals surface area (Å²) in [6, 6.07) is 3.06. The molecule has 0 aliphatic carbocycles. The van der Waals surface area contributed by atoms with Crippen LogP contribution in [0, 0.1) is 22.9 Å². The van der Waals surface area contributed by atoms with E-state index in [2.05, 4.69) is 10.5 Å². The SMILES string of the molecule is Cc1cc(CNc2cc(C(=O)O)c([N+](=O)[O-])cc2F)on1. The van der Waals surface area contributed by atoms with Gasteiger partial charge in [0, 0.05) is 6.07 Å². The molecule has 2 aromatic rings. The van der Waals surface area contributed by atoms with Crippen molar-refractivity contribution >= 4 is 17.3 Å². The molecule has 0 atom stereocenters. The highest BCUT2D eigenvalue weighted by molar-refractivity contribution is 5.93. The van der Waals surface area contributed by atoms with E-state index in [-0.39, 0.29) is 12.2 Å². The van der Waals surface area contributed by atoms with E-state index in [9.17, 15) is 19.3 Å². The third-order valence-corrected chi connectivity index (χ3v) is 2.64. The standard InChI is InChI=1S/C12H10FN3O5/c1-6-2-7(21-15-6)5-14-10-3-8(12(17)18)11(16(19)20)4-9(10)13/h2-4,14H,5H2,1H3,(H,17,18). The molecule has 0 aliphatic heterocycles. The van der Waals surface area contributed by atoms with Gasteiger partial charge in [-0.2, -0.15) is 0 Å². The van der Waals surface area contributed by atoms with Crippen LogP contribution in [0.5, 0.6) is 0 Å². The van der Waals surface area contributed by atoms with Crippen LogP contribution >= 0.6 is 0 Å². The first-order valence-electron chi connectivity index (χ1n) is 5.75. The number of nitrogens with zero attached hydrogens (tertiary/aromatic N) is 2. The van der Waals surface area contributed by atoms with E-state index in [1.807, 2.05) is 0 Å². The molecule has 0 saturated heterocycles. The number of anilines is 1. The number of aryl methyl sites for hydroxylation is 1. The Balaban J connectivity index is 2.29. The van der Waals surface area contributed by atoms with Crippen molar-refractivity contribution in [1.29, 1.82) is 0 Å². The van der Waals surface area contributed by atoms with Crippen molar-refractivity contribution in [2.45, 2.75) is 13.5 Å². The molecule has 8 nitrogen and oxygen atoms in total. The van der Waals surface area contributed by atoms with Crippen LogP contribution in [0.2, 0.25) is 0 Å². The molecule has 0 aliphatic rings. The number of rotatable bonds is 5. The molecular weight excluding hydrogens is 285 g/mol. The van der Waals surface area contributed by atoms with E-state index < -0.39 is 28.0 Å². The van der Waals surface area contributed by atoms with Gasteiger partial charge in [0.15, 0.2) is 11.6 Å². The first kappa shape index (κ1) is 14.4. The number of carboxylic acid groups (broad SMARTS) is 1. The van der Waals surface area contributed by atoms with Gasteiger partial charge in [-0.1, -0.05) is 5.16 Å². The van der Waals surface area contributed by atoms with Crippen LogP contribution in [0.3, 0.4) is 0 Å². The topological polar surface area (TPSA) is 118 Å². The molecular formula is C12H10FN3O5. The maximum absolute atomic E-state index is 13.8. The van der Waals surface area contributed by atoms with Gasteiger partial charge in [0.05, 0.1) is 28.9 Å². The van der Waals surface area contributed by atoms with E-state index in [1.54, 1.807) is 13.0 Å². The number of aromatic nitrogens is 1. The van der Waals surface area contributed by atoms with E-state index in [0.29, 0.717) is 17.5 Å². The van der Waals surface area contributed by atoms with Crippen LogP contribution in [-0.4, -0.2) is 21.2 Å². The van der Waals surface area contributed by atoms with Crippen molar-refractivity contribution in [3.8, 4) is 0 Å². The summed E-state index contributed by atoms with van der Waals surface area (Å²) in [4.78, 5) is 20.7. The second-order valence-electron chi connectivity index (χ2n) is 4.20. The molecule has 21 heavy (non-hydrogen) atoms. The monoisotopic (exact) mass is 295 g/mol. The number of hydrogen-bond acceptors (Lipinski definition) is 6. The van der Waals surface area contributed by atoms with Crippen molar-refractivity contribution in [1.82, 2.24) is 5.16 Å². The van der Waals surface area contributed by atoms with Crippen LogP contribution < -0.4 is 5.32 Å². The summed E-state index contributed by atoms with van der Waals surface area (Å²) in [6.45, 7) is 1.77. The number of nitrogens with one attached hydrogen (secondary N) is 1. The zero-order valence-corrected chi connectivity index (χ0v) is 10.8. The molecule has 0 spiro atoms. The minimum absolute atomic E-state index is 0.0641. The van der Waals surface area contributed by atoms with Gasteiger partial charge >= 0.3 is 5.97 Å². The smallest absolute Gasteiger partial charge is 0.342 e. The Morgan fingerprint density at radius 3 is 2.76 bits per heavy atom. The molecule has 9 heteroatoms. The number of nitro groups is 1. The highest BCUT2D eigenvalue weighted by Gasteiger charge is 2.23. The molecule has 0 amide bonds. The van der Waals surface area contributed by atoms with E-state index in [0.717, 1.165) is 6.07 Å². The number of carbonyl (C=O) groups is 1.